The first-order valence-corrected chi connectivity index (χ1v) is 9.01. The highest BCUT2D eigenvalue weighted by molar-refractivity contribution is 5.11. The summed E-state index contributed by atoms with van der Waals surface area (Å²) in [5.41, 5.74) is 2.31. The lowest BCUT2D eigenvalue weighted by Gasteiger charge is -2.28. The van der Waals surface area contributed by atoms with Crippen molar-refractivity contribution >= 4 is 0 Å². The third-order valence-corrected chi connectivity index (χ3v) is 5.01. The van der Waals surface area contributed by atoms with Crippen molar-refractivity contribution in [2.24, 2.45) is 11.8 Å². The van der Waals surface area contributed by atoms with Crippen molar-refractivity contribution in [1.29, 1.82) is 0 Å². The second-order valence-corrected chi connectivity index (χ2v) is 7.70. The summed E-state index contributed by atoms with van der Waals surface area (Å²) in [6.45, 7) is 11.0. The fraction of sp³-hybridized carbons (Fsp3) is 0.714. The van der Waals surface area contributed by atoms with Crippen LogP contribution in [0, 0.1) is 11.8 Å². The SMILES string of the molecule is CO[C@@]1(C)/C=C/C(C(C)C)CC/C(C)=C\CC/C(C)=C\[C@H](O)C1. The second kappa shape index (κ2) is 9.44. The van der Waals surface area contributed by atoms with Gasteiger partial charge >= 0.3 is 0 Å². The Morgan fingerprint density at radius 1 is 1.22 bits per heavy atom. The number of hydrogen-bond acceptors (Lipinski definition) is 2. The van der Waals surface area contributed by atoms with Crippen molar-refractivity contribution in [3.8, 4) is 0 Å². The first-order chi connectivity index (χ1) is 10.8. The van der Waals surface area contributed by atoms with E-state index in [1.165, 1.54) is 17.6 Å². The van der Waals surface area contributed by atoms with Crippen LogP contribution in [0.5, 0.6) is 0 Å². The predicted molar refractivity (Wildman–Crippen MR) is 99.5 cm³/mol. The van der Waals surface area contributed by atoms with E-state index in [1.807, 2.05) is 6.08 Å². The van der Waals surface area contributed by atoms with E-state index in [1.54, 1.807) is 7.11 Å². The maximum Gasteiger partial charge on any atom is 0.0858 e. The lowest BCUT2D eigenvalue weighted by atomic mass is 9.86. The Bertz CT molecular complexity index is 445. The first-order valence-electron chi connectivity index (χ1n) is 9.01. The summed E-state index contributed by atoms with van der Waals surface area (Å²) in [5.74, 6) is 1.16. The van der Waals surface area contributed by atoms with Gasteiger partial charge in [0.15, 0.2) is 0 Å². The van der Waals surface area contributed by atoms with Crippen LogP contribution in [0.4, 0.5) is 0 Å². The number of rotatable bonds is 2. The fourth-order valence-corrected chi connectivity index (χ4v) is 3.13. The summed E-state index contributed by atoms with van der Waals surface area (Å²) >= 11 is 0. The van der Waals surface area contributed by atoms with E-state index in [4.69, 9.17) is 4.74 Å². The van der Waals surface area contributed by atoms with Crippen molar-refractivity contribution in [3.63, 3.8) is 0 Å². The monoisotopic (exact) mass is 320 g/mol. The van der Waals surface area contributed by atoms with Gasteiger partial charge in [0.2, 0.25) is 0 Å². The third-order valence-electron chi connectivity index (χ3n) is 5.01. The van der Waals surface area contributed by atoms with Crippen LogP contribution < -0.4 is 0 Å². The van der Waals surface area contributed by atoms with Crippen LogP contribution in [0.3, 0.4) is 0 Å². The summed E-state index contributed by atoms with van der Waals surface area (Å²) in [4.78, 5) is 0. The number of hydrogen-bond donors (Lipinski definition) is 1. The Morgan fingerprint density at radius 2 is 1.91 bits per heavy atom. The molecule has 2 nitrogen and oxygen atoms in total. The lowest BCUT2D eigenvalue weighted by molar-refractivity contribution is 0.0126. The molecule has 1 aliphatic carbocycles. The minimum absolute atomic E-state index is 0.418. The molecule has 2 heteroatoms. The van der Waals surface area contributed by atoms with Crippen LogP contribution >= 0.6 is 0 Å². The molecule has 3 atom stereocenters. The number of aliphatic hydroxyl groups is 1. The van der Waals surface area contributed by atoms with E-state index >= 15 is 0 Å². The van der Waals surface area contributed by atoms with E-state index in [9.17, 15) is 5.11 Å². The minimum atomic E-state index is -0.463. The van der Waals surface area contributed by atoms with Crippen LogP contribution in [-0.2, 0) is 4.74 Å². The molecular formula is C21H36O2. The Morgan fingerprint density at radius 3 is 2.52 bits per heavy atom. The summed E-state index contributed by atoms with van der Waals surface area (Å²) in [6.07, 6.45) is 13.3. The summed E-state index contributed by atoms with van der Waals surface area (Å²) in [7, 11) is 1.73. The maximum absolute atomic E-state index is 10.4. The van der Waals surface area contributed by atoms with Gasteiger partial charge in [-0.1, -0.05) is 49.3 Å². The van der Waals surface area contributed by atoms with Crippen LogP contribution in [-0.4, -0.2) is 23.9 Å². The number of allylic oxidation sites excluding steroid dienone is 4. The largest absolute Gasteiger partial charge is 0.389 e. The van der Waals surface area contributed by atoms with Crippen molar-refractivity contribution in [3.05, 3.63) is 35.5 Å². The predicted octanol–water partition coefficient (Wildman–Crippen LogP) is 5.44. The standard InChI is InChI=1S/C21H36O2/c1-16(2)19-11-10-17(3)8-7-9-18(4)14-20(22)15-21(5,23-6)13-12-19/h8,12-14,16,19-20,22H,7,9-11,15H2,1-6H3/b13-12+,17-8-,18-14-/t19?,20-,21-/m0/s1. The highest BCUT2D eigenvalue weighted by Gasteiger charge is 2.24. The molecule has 1 N–H and O–H groups in total. The molecule has 0 aromatic rings. The van der Waals surface area contributed by atoms with Gasteiger partial charge in [0, 0.05) is 13.5 Å². The van der Waals surface area contributed by atoms with Gasteiger partial charge in [0.1, 0.15) is 0 Å². The van der Waals surface area contributed by atoms with Gasteiger partial charge in [-0.2, -0.15) is 0 Å². The topological polar surface area (TPSA) is 29.5 Å². The highest BCUT2D eigenvalue weighted by atomic mass is 16.5. The molecule has 132 valence electrons. The molecule has 0 saturated carbocycles. The van der Waals surface area contributed by atoms with Gasteiger partial charge in [0.25, 0.3) is 0 Å². The molecule has 0 aromatic carbocycles. The Labute approximate surface area is 143 Å². The molecule has 0 saturated heterocycles. The smallest absolute Gasteiger partial charge is 0.0858 e. The quantitative estimate of drug-likeness (QED) is 0.687. The van der Waals surface area contributed by atoms with Crippen molar-refractivity contribution in [2.75, 3.05) is 7.11 Å². The molecule has 0 fully saturated rings. The molecule has 0 aromatic heterocycles. The fourth-order valence-electron chi connectivity index (χ4n) is 3.13. The maximum atomic E-state index is 10.4. The zero-order chi connectivity index (χ0) is 17.5. The summed E-state index contributed by atoms with van der Waals surface area (Å²) in [5, 5.41) is 10.4. The molecule has 1 rings (SSSR count). The average Bonchev–Trinajstić information content (AvgIpc) is 2.45. The highest BCUT2D eigenvalue weighted by Crippen LogP contribution is 2.26. The summed E-state index contributed by atoms with van der Waals surface area (Å²) < 4.78 is 5.71. The van der Waals surface area contributed by atoms with E-state index in [0.29, 0.717) is 18.3 Å². The molecule has 0 bridgehead atoms. The van der Waals surface area contributed by atoms with E-state index in [0.717, 1.165) is 19.3 Å². The number of ether oxygens (including phenoxy) is 1. The molecule has 0 spiro atoms. The lowest BCUT2D eigenvalue weighted by Crippen LogP contribution is -2.30. The van der Waals surface area contributed by atoms with Gasteiger partial charge in [-0.05, 0) is 58.3 Å². The van der Waals surface area contributed by atoms with Gasteiger partial charge in [-0.25, -0.2) is 0 Å². The summed E-state index contributed by atoms with van der Waals surface area (Å²) in [6, 6.07) is 0. The molecule has 0 aliphatic heterocycles. The second-order valence-electron chi connectivity index (χ2n) is 7.70. The Hall–Kier alpha value is -0.860. The van der Waals surface area contributed by atoms with Crippen molar-refractivity contribution in [1.82, 2.24) is 0 Å². The van der Waals surface area contributed by atoms with Crippen LogP contribution in [0.25, 0.3) is 0 Å². The Kier molecular flexibility index (Phi) is 8.28. The third kappa shape index (κ3) is 7.50. The van der Waals surface area contributed by atoms with E-state index < -0.39 is 11.7 Å². The average molecular weight is 321 g/mol. The van der Waals surface area contributed by atoms with E-state index in [2.05, 4.69) is 52.8 Å². The zero-order valence-corrected chi connectivity index (χ0v) is 15.9. The normalized spacial score (nSPS) is 37.4. The van der Waals surface area contributed by atoms with Gasteiger partial charge in [-0.15, -0.1) is 0 Å². The molecule has 1 unspecified atom stereocenters. The van der Waals surface area contributed by atoms with Gasteiger partial charge in [0.05, 0.1) is 11.7 Å². The van der Waals surface area contributed by atoms with Gasteiger partial charge in [-0.3, -0.25) is 0 Å². The van der Waals surface area contributed by atoms with Crippen LogP contribution in [0.2, 0.25) is 0 Å². The molecule has 0 heterocycles. The Balaban J connectivity index is 3.04. The molecule has 1 aliphatic rings. The van der Waals surface area contributed by atoms with Crippen molar-refractivity contribution < 1.29 is 9.84 Å². The number of methoxy groups -OCH3 is 1. The van der Waals surface area contributed by atoms with Crippen LogP contribution in [0.1, 0.15) is 66.7 Å². The van der Waals surface area contributed by atoms with Crippen molar-refractivity contribution in [2.45, 2.75) is 78.4 Å². The number of aliphatic hydroxyl groups excluding tert-OH is 1. The van der Waals surface area contributed by atoms with E-state index in [-0.39, 0.29) is 0 Å². The molecule has 0 amide bonds. The van der Waals surface area contributed by atoms with Crippen LogP contribution in [0.15, 0.2) is 35.5 Å². The van der Waals surface area contributed by atoms with Gasteiger partial charge < -0.3 is 9.84 Å². The molecular weight excluding hydrogens is 284 g/mol. The minimum Gasteiger partial charge on any atom is -0.389 e. The molecule has 23 heavy (non-hydrogen) atoms. The zero-order valence-electron chi connectivity index (χ0n) is 15.9. The first kappa shape index (κ1) is 20.2. The molecule has 0 radical (unpaired) electrons.